The second kappa shape index (κ2) is 10.7. The predicted octanol–water partition coefficient (Wildman–Crippen LogP) is 3.48. The Kier molecular flexibility index (Phi) is 8.57. The van der Waals surface area contributed by atoms with Crippen LogP contribution >= 0.6 is 15.9 Å². The normalized spacial score (nSPS) is 15.0. The van der Waals surface area contributed by atoms with Gasteiger partial charge in [-0.1, -0.05) is 26.2 Å². The van der Waals surface area contributed by atoms with Crippen molar-refractivity contribution in [2.24, 2.45) is 0 Å². The number of hydrogen-bond acceptors (Lipinski definition) is 5. The number of hydrogen-bond donors (Lipinski definition) is 2. The zero-order valence-corrected chi connectivity index (χ0v) is 17.8. The highest BCUT2D eigenvalue weighted by molar-refractivity contribution is 9.10. The fourth-order valence-electron chi connectivity index (χ4n) is 3.56. The molecule has 1 aliphatic rings. The third-order valence-electron chi connectivity index (χ3n) is 5.04. The van der Waals surface area contributed by atoms with Gasteiger partial charge in [0.15, 0.2) is 0 Å². The molecule has 1 aromatic carbocycles. The number of rotatable bonds is 8. The second-order valence-corrected chi connectivity index (χ2v) is 7.84. The van der Waals surface area contributed by atoms with Gasteiger partial charge in [0.25, 0.3) is 5.91 Å². The van der Waals surface area contributed by atoms with E-state index >= 15 is 0 Å². The Morgan fingerprint density at radius 3 is 2.63 bits per heavy atom. The molecule has 1 saturated carbocycles. The summed E-state index contributed by atoms with van der Waals surface area (Å²) in [6, 6.07) is 4.19. The lowest BCUT2D eigenvalue weighted by atomic mass is 9.93. The molecule has 0 heterocycles. The zero-order chi connectivity index (χ0) is 19.8. The van der Waals surface area contributed by atoms with Gasteiger partial charge in [-0.05, 0) is 53.0 Å². The van der Waals surface area contributed by atoms with Crippen molar-refractivity contribution in [2.45, 2.75) is 58.5 Å². The molecule has 1 aromatic rings. The quantitative estimate of drug-likeness (QED) is 0.367. The molecule has 2 rings (SSSR count). The second-order valence-electron chi connectivity index (χ2n) is 6.98. The van der Waals surface area contributed by atoms with E-state index in [1.807, 2.05) is 6.07 Å². The van der Waals surface area contributed by atoms with Crippen molar-refractivity contribution in [3.05, 3.63) is 27.7 Å². The maximum absolute atomic E-state index is 12.4. The van der Waals surface area contributed by atoms with Gasteiger partial charge in [-0.3, -0.25) is 14.5 Å². The first-order valence-electron chi connectivity index (χ1n) is 9.65. The van der Waals surface area contributed by atoms with Crippen molar-refractivity contribution >= 4 is 33.5 Å². The summed E-state index contributed by atoms with van der Waals surface area (Å²) in [5.74, 6) is -0.561. The van der Waals surface area contributed by atoms with E-state index in [9.17, 15) is 9.59 Å². The minimum Gasteiger partial charge on any atom is -0.464 e. The number of nitrogen functional groups attached to an aromatic ring is 1. The number of esters is 1. The monoisotopic (exact) mass is 439 g/mol. The number of nitrogens with zero attached hydrogens (tertiary/aromatic N) is 1. The van der Waals surface area contributed by atoms with Crippen LogP contribution < -0.4 is 11.1 Å². The fourth-order valence-corrected chi connectivity index (χ4v) is 4.06. The van der Waals surface area contributed by atoms with Crippen molar-refractivity contribution in [3.8, 4) is 0 Å². The summed E-state index contributed by atoms with van der Waals surface area (Å²) in [6.07, 6.45) is 6.34. The van der Waals surface area contributed by atoms with Gasteiger partial charge in [0.05, 0.1) is 12.2 Å². The van der Waals surface area contributed by atoms with Crippen molar-refractivity contribution in [2.75, 3.05) is 25.4 Å². The largest absolute Gasteiger partial charge is 0.464 e. The lowest BCUT2D eigenvalue weighted by Gasteiger charge is -2.34. The lowest BCUT2D eigenvalue weighted by Crippen LogP contribution is -2.36. The van der Waals surface area contributed by atoms with Crippen molar-refractivity contribution < 1.29 is 14.3 Å². The minimum absolute atomic E-state index is 0.162. The number of carbonyl (C=O) groups excluding carboxylic acids is 2. The third-order valence-corrected chi connectivity index (χ3v) is 5.70. The molecule has 150 valence electrons. The number of ether oxygens (including phenoxy) is 1. The van der Waals surface area contributed by atoms with Gasteiger partial charge in [0.1, 0.15) is 6.61 Å². The zero-order valence-electron chi connectivity index (χ0n) is 16.2. The van der Waals surface area contributed by atoms with Gasteiger partial charge in [-0.15, -0.1) is 0 Å². The van der Waals surface area contributed by atoms with Crippen LogP contribution in [0.5, 0.6) is 0 Å². The summed E-state index contributed by atoms with van der Waals surface area (Å²) in [4.78, 5) is 25.7. The van der Waals surface area contributed by atoms with E-state index in [-0.39, 0.29) is 25.0 Å². The molecule has 0 bridgehead atoms. The topological polar surface area (TPSA) is 84.7 Å². The SMILES string of the molecule is CCN(Cc1cc(C(=O)NCCOC(C)=O)cc(Br)c1N)C1CCCCC1. The van der Waals surface area contributed by atoms with E-state index in [0.29, 0.717) is 17.3 Å². The van der Waals surface area contributed by atoms with Crippen molar-refractivity contribution in [1.29, 1.82) is 0 Å². The number of nitrogens with one attached hydrogen (secondary N) is 1. The third kappa shape index (κ3) is 6.50. The number of amides is 1. The van der Waals surface area contributed by atoms with E-state index in [4.69, 9.17) is 10.5 Å². The molecule has 0 aromatic heterocycles. The first-order chi connectivity index (χ1) is 12.9. The van der Waals surface area contributed by atoms with E-state index < -0.39 is 0 Å². The summed E-state index contributed by atoms with van der Waals surface area (Å²) in [5, 5.41) is 2.77. The molecule has 1 fully saturated rings. The molecule has 0 spiro atoms. The molecule has 1 amide bonds. The number of carbonyl (C=O) groups is 2. The Labute approximate surface area is 169 Å². The highest BCUT2D eigenvalue weighted by Crippen LogP contribution is 2.29. The predicted molar refractivity (Wildman–Crippen MR) is 110 cm³/mol. The van der Waals surface area contributed by atoms with Crippen LogP contribution in [0, 0.1) is 0 Å². The summed E-state index contributed by atoms with van der Waals surface area (Å²) in [7, 11) is 0. The first-order valence-corrected chi connectivity index (χ1v) is 10.4. The number of benzene rings is 1. The minimum atomic E-state index is -0.357. The maximum atomic E-state index is 12.4. The van der Waals surface area contributed by atoms with Gasteiger partial charge in [-0.2, -0.15) is 0 Å². The van der Waals surface area contributed by atoms with Crippen molar-refractivity contribution in [3.63, 3.8) is 0 Å². The molecule has 3 N–H and O–H groups in total. The van der Waals surface area contributed by atoms with Gasteiger partial charge >= 0.3 is 5.97 Å². The van der Waals surface area contributed by atoms with Crippen LogP contribution in [0.1, 0.15) is 61.9 Å². The summed E-state index contributed by atoms with van der Waals surface area (Å²) in [5.41, 5.74) is 8.47. The highest BCUT2D eigenvalue weighted by Gasteiger charge is 2.21. The molecule has 0 unspecified atom stereocenters. The summed E-state index contributed by atoms with van der Waals surface area (Å²) in [6.45, 7) is 5.65. The smallest absolute Gasteiger partial charge is 0.302 e. The Bertz CT molecular complexity index is 660. The number of anilines is 1. The van der Waals surface area contributed by atoms with Gasteiger partial charge in [0, 0.05) is 29.5 Å². The standard InChI is InChI=1S/C20H30BrN3O3/c1-3-24(17-7-5-4-6-8-17)13-16-11-15(12-18(21)19(16)22)20(26)23-9-10-27-14(2)25/h11-12,17H,3-10,13,22H2,1-2H3,(H,23,26). The van der Waals surface area contributed by atoms with E-state index in [2.05, 4.69) is 33.1 Å². The van der Waals surface area contributed by atoms with Crippen LogP contribution in [0.4, 0.5) is 5.69 Å². The van der Waals surface area contributed by atoms with Crippen LogP contribution in [0.25, 0.3) is 0 Å². The molecule has 7 heteroatoms. The molecular formula is C20H30BrN3O3. The van der Waals surface area contributed by atoms with E-state index in [1.165, 1.54) is 39.0 Å². The Hall–Kier alpha value is -1.60. The van der Waals surface area contributed by atoms with Gasteiger partial charge in [0.2, 0.25) is 0 Å². The van der Waals surface area contributed by atoms with E-state index in [1.54, 1.807) is 6.07 Å². The molecule has 0 atom stereocenters. The Balaban J connectivity index is 2.07. The average molecular weight is 440 g/mol. The van der Waals surface area contributed by atoms with Crippen LogP contribution in [0.3, 0.4) is 0 Å². The molecule has 1 aliphatic carbocycles. The van der Waals surface area contributed by atoms with Crippen LogP contribution in [-0.2, 0) is 16.1 Å². The molecule has 0 radical (unpaired) electrons. The van der Waals surface area contributed by atoms with Crippen molar-refractivity contribution in [1.82, 2.24) is 10.2 Å². The molecule has 0 aliphatic heterocycles. The highest BCUT2D eigenvalue weighted by atomic mass is 79.9. The molecular weight excluding hydrogens is 410 g/mol. The number of halogens is 1. The van der Waals surface area contributed by atoms with Crippen LogP contribution in [0.2, 0.25) is 0 Å². The fraction of sp³-hybridized carbons (Fsp3) is 0.600. The van der Waals surface area contributed by atoms with Crippen LogP contribution in [-0.4, -0.2) is 42.5 Å². The van der Waals surface area contributed by atoms with Crippen LogP contribution in [0.15, 0.2) is 16.6 Å². The van der Waals surface area contributed by atoms with Gasteiger partial charge < -0.3 is 15.8 Å². The molecule has 0 saturated heterocycles. The first kappa shape index (κ1) is 21.7. The average Bonchev–Trinajstić information content (AvgIpc) is 2.66. The van der Waals surface area contributed by atoms with E-state index in [0.717, 1.165) is 23.1 Å². The lowest BCUT2D eigenvalue weighted by molar-refractivity contribution is -0.140. The Morgan fingerprint density at radius 2 is 2.00 bits per heavy atom. The Morgan fingerprint density at radius 1 is 1.30 bits per heavy atom. The maximum Gasteiger partial charge on any atom is 0.302 e. The molecule has 27 heavy (non-hydrogen) atoms. The summed E-state index contributed by atoms with van der Waals surface area (Å²) >= 11 is 3.48. The molecule has 6 nitrogen and oxygen atoms in total. The van der Waals surface area contributed by atoms with Gasteiger partial charge in [-0.25, -0.2) is 0 Å². The summed E-state index contributed by atoms with van der Waals surface area (Å²) < 4.78 is 5.57. The number of nitrogens with two attached hydrogens (primary N) is 1.